The van der Waals surface area contributed by atoms with Crippen LogP contribution in [0.25, 0.3) is 10.8 Å². The van der Waals surface area contributed by atoms with E-state index in [1.54, 1.807) is 12.1 Å². The standard InChI is InChI=1S/C34H39FN2O/c35-29-8-10-30(11-9-29)37(33(38)34-21-24-18-25(22-34)20-26(19-24)23-34)17-16-36-14-12-28(13-15-36)32-7-3-5-27-4-1-2-6-31(27)32/h1-11,24-26,28H,12-23H2. The second-order valence-corrected chi connectivity index (χ2v) is 12.8. The Bertz CT molecular complexity index is 1270. The van der Waals surface area contributed by atoms with E-state index in [0.29, 0.717) is 18.4 Å². The van der Waals surface area contributed by atoms with E-state index < -0.39 is 0 Å². The molecule has 4 heteroatoms. The van der Waals surface area contributed by atoms with E-state index >= 15 is 0 Å². The Labute approximate surface area is 226 Å². The highest BCUT2D eigenvalue weighted by atomic mass is 19.1. The third kappa shape index (κ3) is 4.45. The van der Waals surface area contributed by atoms with Crippen LogP contribution in [-0.4, -0.2) is 37.0 Å². The average molecular weight is 511 g/mol. The molecule has 3 aromatic rings. The number of rotatable bonds is 6. The number of piperidine rings is 1. The maximum absolute atomic E-state index is 14.3. The summed E-state index contributed by atoms with van der Waals surface area (Å²) >= 11 is 0. The number of amides is 1. The zero-order valence-corrected chi connectivity index (χ0v) is 22.3. The molecule has 198 valence electrons. The lowest BCUT2D eigenvalue weighted by Crippen LogP contribution is -2.55. The lowest BCUT2D eigenvalue weighted by molar-refractivity contribution is -0.143. The number of benzene rings is 3. The minimum atomic E-state index is -0.244. The first-order valence-electron chi connectivity index (χ1n) is 14.8. The fraction of sp³-hybridized carbons (Fsp3) is 0.500. The maximum Gasteiger partial charge on any atom is 0.233 e. The summed E-state index contributed by atoms with van der Waals surface area (Å²) in [6, 6.07) is 22.1. The number of carbonyl (C=O) groups excluding carboxylic acids is 1. The smallest absolute Gasteiger partial charge is 0.233 e. The van der Waals surface area contributed by atoms with Gasteiger partial charge in [-0.15, -0.1) is 0 Å². The van der Waals surface area contributed by atoms with Gasteiger partial charge in [-0.25, -0.2) is 4.39 Å². The Balaban J connectivity index is 1.06. The molecule has 4 saturated carbocycles. The summed E-state index contributed by atoms with van der Waals surface area (Å²) in [4.78, 5) is 18.9. The van der Waals surface area contributed by atoms with Gasteiger partial charge in [0.15, 0.2) is 0 Å². The van der Waals surface area contributed by atoms with Gasteiger partial charge in [-0.05, 0) is 129 Å². The summed E-state index contributed by atoms with van der Waals surface area (Å²) < 4.78 is 13.8. The van der Waals surface area contributed by atoms with Crippen molar-refractivity contribution in [1.29, 1.82) is 0 Å². The molecule has 1 amide bonds. The summed E-state index contributed by atoms with van der Waals surface area (Å²) in [7, 11) is 0. The summed E-state index contributed by atoms with van der Waals surface area (Å²) in [5, 5.41) is 2.71. The summed E-state index contributed by atoms with van der Waals surface area (Å²) in [6.07, 6.45) is 9.46. The third-order valence-corrected chi connectivity index (χ3v) is 10.4. The minimum Gasteiger partial charge on any atom is -0.311 e. The molecule has 0 unspecified atom stereocenters. The molecule has 0 atom stereocenters. The lowest BCUT2D eigenvalue weighted by Gasteiger charge is -2.56. The van der Waals surface area contributed by atoms with Crippen LogP contribution >= 0.6 is 0 Å². The van der Waals surface area contributed by atoms with Crippen molar-refractivity contribution >= 4 is 22.4 Å². The number of halogens is 1. The molecule has 0 N–H and O–H groups in total. The highest BCUT2D eigenvalue weighted by Crippen LogP contribution is 2.60. The van der Waals surface area contributed by atoms with Crippen LogP contribution in [0.15, 0.2) is 66.7 Å². The third-order valence-electron chi connectivity index (χ3n) is 10.4. The Morgan fingerprint density at radius 1 is 0.842 bits per heavy atom. The van der Waals surface area contributed by atoms with Crippen molar-refractivity contribution in [3.05, 3.63) is 78.1 Å². The molecule has 0 spiro atoms. The maximum atomic E-state index is 14.3. The van der Waals surface area contributed by atoms with Crippen LogP contribution in [0.2, 0.25) is 0 Å². The summed E-state index contributed by atoms with van der Waals surface area (Å²) in [5.41, 5.74) is 2.15. The molecule has 4 aliphatic carbocycles. The van der Waals surface area contributed by atoms with Gasteiger partial charge >= 0.3 is 0 Å². The van der Waals surface area contributed by atoms with Crippen LogP contribution in [0.4, 0.5) is 10.1 Å². The van der Waals surface area contributed by atoms with Gasteiger partial charge in [0.05, 0.1) is 5.41 Å². The van der Waals surface area contributed by atoms with Crippen LogP contribution < -0.4 is 4.90 Å². The Hall–Kier alpha value is -2.72. The minimum absolute atomic E-state index is 0.190. The molecule has 0 aromatic heterocycles. The summed E-state index contributed by atoms with van der Waals surface area (Å²) in [5.74, 6) is 2.84. The van der Waals surface area contributed by atoms with Crippen LogP contribution in [-0.2, 0) is 4.79 Å². The van der Waals surface area contributed by atoms with Crippen molar-refractivity contribution in [2.24, 2.45) is 23.2 Å². The molecule has 4 bridgehead atoms. The highest BCUT2D eigenvalue weighted by molar-refractivity contribution is 5.98. The molecule has 5 fully saturated rings. The molecule has 0 radical (unpaired) electrons. The van der Waals surface area contributed by atoms with Crippen molar-refractivity contribution in [3.63, 3.8) is 0 Å². The van der Waals surface area contributed by atoms with Crippen molar-refractivity contribution in [3.8, 4) is 0 Å². The summed E-state index contributed by atoms with van der Waals surface area (Å²) in [6.45, 7) is 3.66. The number of fused-ring (bicyclic) bond motifs is 1. The fourth-order valence-corrected chi connectivity index (χ4v) is 8.94. The molecule has 1 saturated heterocycles. The quantitative estimate of drug-likeness (QED) is 0.345. The first-order valence-corrected chi connectivity index (χ1v) is 14.8. The van der Waals surface area contributed by atoms with Crippen LogP contribution in [0.1, 0.15) is 62.8 Å². The van der Waals surface area contributed by atoms with Gasteiger partial charge in [0.2, 0.25) is 5.91 Å². The normalized spacial score (nSPS) is 29.1. The largest absolute Gasteiger partial charge is 0.311 e. The Morgan fingerprint density at radius 3 is 2.16 bits per heavy atom. The number of anilines is 1. The van der Waals surface area contributed by atoms with Gasteiger partial charge in [-0.1, -0.05) is 42.5 Å². The molecule has 1 aliphatic heterocycles. The van der Waals surface area contributed by atoms with Gasteiger partial charge in [0.25, 0.3) is 0 Å². The van der Waals surface area contributed by atoms with E-state index in [4.69, 9.17) is 0 Å². The highest BCUT2D eigenvalue weighted by Gasteiger charge is 2.55. The molecular formula is C34H39FN2O. The topological polar surface area (TPSA) is 23.6 Å². The Morgan fingerprint density at radius 2 is 1.47 bits per heavy atom. The zero-order chi connectivity index (χ0) is 25.7. The number of hydrogen-bond acceptors (Lipinski definition) is 2. The predicted octanol–water partition coefficient (Wildman–Crippen LogP) is 7.41. The van der Waals surface area contributed by atoms with Crippen molar-refractivity contribution in [1.82, 2.24) is 4.90 Å². The SMILES string of the molecule is O=C(N(CCN1CCC(c2cccc3ccccc23)CC1)c1ccc(F)cc1)C12CC3CC(CC(C3)C1)C2. The number of carbonyl (C=O) groups is 1. The van der Waals surface area contributed by atoms with Crippen molar-refractivity contribution in [2.75, 3.05) is 31.1 Å². The second kappa shape index (κ2) is 9.79. The second-order valence-electron chi connectivity index (χ2n) is 12.8. The molecule has 38 heavy (non-hydrogen) atoms. The van der Waals surface area contributed by atoms with Crippen molar-refractivity contribution < 1.29 is 9.18 Å². The average Bonchev–Trinajstić information content (AvgIpc) is 2.93. The van der Waals surface area contributed by atoms with E-state index in [1.807, 2.05) is 4.90 Å². The van der Waals surface area contributed by atoms with Gasteiger partial charge in [0, 0.05) is 18.8 Å². The van der Waals surface area contributed by atoms with Gasteiger partial charge in [0.1, 0.15) is 5.82 Å². The van der Waals surface area contributed by atoms with Crippen molar-refractivity contribution in [2.45, 2.75) is 57.3 Å². The van der Waals surface area contributed by atoms with E-state index in [2.05, 4.69) is 47.4 Å². The molecule has 5 aliphatic rings. The first-order chi connectivity index (χ1) is 18.6. The molecule has 8 rings (SSSR count). The lowest BCUT2D eigenvalue weighted by atomic mass is 9.49. The van der Waals surface area contributed by atoms with Gasteiger partial charge in [-0.3, -0.25) is 4.79 Å². The molecular weight excluding hydrogens is 471 g/mol. The number of hydrogen-bond donors (Lipinski definition) is 0. The first kappa shape index (κ1) is 24.3. The number of likely N-dealkylation sites (tertiary alicyclic amines) is 1. The monoisotopic (exact) mass is 510 g/mol. The van der Waals surface area contributed by atoms with Gasteiger partial charge < -0.3 is 9.80 Å². The van der Waals surface area contributed by atoms with Gasteiger partial charge in [-0.2, -0.15) is 0 Å². The van der Waals surface area contributed by atoms with Crippen LogP contribution in [0, 0.1) is 29.0 Å². The predicted molar refractivity (Wildman–Crippen MR) is 152 cm³/mol. The van der Waals surface area contributed by atoms with E-state index in [9.17, 15) is 9.18 Å². The number of nitrogens with zero attached hydrogens (tertiary/aromatic N) is 2. The van der Waals surface area contributed by atoms with Crippen LogP contribution in [0.5, 0.6) is 0 Å². The molecule has 3 aromatic carbocycles. The molecule has 3 nitrogen and oxygen atoms in total. The fourth-order valence-electron chi connectivity index (χ4n) is 8.94. The van der Waals surface area contributed by atoms with E-state index in [0.717, 1.165) is 75.2 Å². The van der Waals surface area contributed by atoms with Crippen LogP contribution in [0.3, 0.4) is 0 Å². The Kier molecular flexibility index (Phi) is 6.27. The zero-order valence-electron chi connectivity index (χ0n) is 22.3. The molecule has 1 heterocycles. The van der Waals surface area contributed by atoms with E-state index in [-0.39, 0.29) is 11.2 Å². The van der Waals surface area contributed by atoms with E-state index in [1.165, 1.54) is 47.7 Å².